The molecular formula is C20H24Cl2O4. The minimum Gasteiger partial charge on any atom is -0.506 e. The first-order valence-corrected chi connectivity index (χ1v) is 8.56. The Morgan fingerprint density at radius 1 is 1.12 bits per heavy atom. The van der Waals surface area contributed by atoms with Crippen LogP contribution in [0.25, 0.3) is 0 Å². The summed E-state index contributed by atoms with van der Waals surface area (Å²) in [7, 11) is 1.61. The van der Waals surface area contributed by atoms with Crippen LogP contribution in [0.5, 0.6) is 11.5 Å². The van der Waals surface area contributed by atoms with Crippen molar-refractivity contribution in [2.75, 3.05) is 13.7 Å². The van der Waals surface area contributed by atoms with Crippen molar-refractivity contribution in [3.63, 3.8) is 0 Å². The number of methoxy groups -OCH3 is 1. The molecule has 2 rings (SSSR count). The quantitative estimate of drug-likeness (QED) is 0.536. The first kappa shape index (κ1) is 23.8. The van der Waals surface area contributed by atoms with E-state index in [-0.39, 0.29) is 23.2 Å². The average Bonchev–Trinajstić information content (AvgIpc) is 2.63. The molecule has 26 heavy (non-hydrogen) atoms. The molecule has 0 saturated heterocycles. The molecule has 0 spiro atoms. The van der Waals surface area contributed by atoms with E-state index in [4.69, 9.17) is 32.7 Å². The van der Waals surface area contributed by atoms with E-state index in [1.165, 1.54) is 6.07 Å². The number of halogens is 2. The van der Waals surface area contributed by atoms with Crippen molar-refractivity contribution in [1.82, 2.24) is 0 Å². The van der Waals surface area contributed by atoms with Crippen molar-refractivity contribution in [2.45, 2.75) is 20.3 Å². The third kappa shape index (κ3) is 8.79. The zero-order chi connectivity index (χ0) is 20.1. The topological polar surface area (TPSA) is 55.8 Å². The predicted molar refractivity (Wildman–Crippen MR) is 107 cm³/mol. The number of phenols is 1. The molecule has 0 aliphatic heterocycles. The van der Waals surface area contributed by atoms with Crippen LogP contribution in [0.4, 0.5) is 0 Å². The van der Waals surface area contributed by atoms with Gasteiger partial charge < -0.3 is 14.6 Å². The third-order valence-electron chi connectivity index (χ3n) is 2.97. The monoisotopic (exact) mass is 398 g/mol. The molecule has 6 heteroatoms. The van der Waals surface area contributed by atoms with E-state index in [1.54, 1.807) is 26.2 Å². The summed E-state index contributed by atoms with van der Waals surface area (Å²) in [6, 6.07) is 10.4. The first-order valence-electron chi connectivity index (χ1n) is 7.80. The Labute approximate surface area is 165 Å². The second kappa shape index (κ2) is 13.1. The zero-order valence-electron chi connectivity index (χ0n) is 15.2. The van der Waals surface area contributed by atoms with Crippen molar-refractivity contribution in [1.29, 1.82) is 0 Å². The van der Waals surface area contributed by atoms with Gasteiger partial charge in [0.05, 0.1) is 30.2 Å². The van der Waals surface area contributed by atoms with Gasteiger partial charge in [0.25, 0.3) is 0 Å². The highest BCUT2D eigenvalue weighted by atomic mass is 35.5. The fourth-order valence-corrected chi connectivity index (χ4v) is 2.13. The van der Waals surface area contributed by atoms with E-state index >= 15 is 0 Å². The predicted octanol–water partition coefficient (Wildman–Crippen LogP) is 5.61. The molecule has 0 bridgehead atoms. The molecule has 0 fully saturated rings. The molecule has 4 nitrogen and oxygen atoms in total. The lowest BCUT2D eigenvalue weighted by atomic mass is 10.1. The summed E-state index contributed by atoms with van der Waals surface area (Å²) in [5, 5.41) is 10.2. The Kier molecular flexibility index (Phi) is 12.0. The number of hydrogen-bond acceptors (Lipinski definition) is 4. The molecule has 0 aliphatic rings. The number of esters is 1. The maximum absolute atomic E-state index is 11.1. The fraction of sp³-hybridized carbons (Fsp3) is 0.250. The molecular weight excluding hydrogens is 375 g/mol. The van der Waals surface area contributed by atoms with Crippen molar-refractivity contribution in [2.24, 2.45) is 0 Å². The van der Waals surface area contributed by atoms with Crippen molar-refractivity contribution < 1.29 is 19.4 Å². The van der Waals surface area contributed by atoms with Gasteiger partial charge in [-0.15, -0.1) is 13.2 Å². The summed E-state index contributed by atoms with van der Waals surface area (Å²) in [4.78, 5) is 11.1. The number of benzene rings is 2. The number of phenolic OH excluding ortho intramolecular Hbond substituents is 1. The van der Waals surface area contributed by atoms with E-state index in [0.29, 0.717) is 17.2 Å². The molecule has 0 aromatic heterocycles. The van der Waals surface area contributed by atoms with Crippen LogP contribution in [0.15, 0.2) is 49.6 Å². The van der Waals surface area contributed by atoms with Gasteiger partial charge in [0.2, 0.25) is 0 Å². The highest BCUT2D eigenvalue weighted by Gasteiger charge is 2.06. The highest BCUT2D eigenvalue weighted by molar-refractivity contribution is 6.32. The van der Waals surface area contributed by atoms with E-state index in [1.807, 2.05) is 25.1 Å². The standard InChI is InChI=1S/C10H11ClO3.C8H9ClO.C2H4/c1-2-14-10(13)6-7-3-4-8(11)9(12)5-7;1-6-3-4-7(9)8(5-6)10-2;1-2/h3-5,12H,2,6H2,1H3;3-5H,1-2H3;1-2H2. The lowest BCUT2D eigenvalue weighted by molar-refractivity contribution is -0.142. The lowest BCUT2D eigenvalue weighted by Crippen LogP contribution is -2.07. The summed E-state index contributed by atoms with van der Waals surface area (Å²) < 4.78 is 9.76. The molecule has 0 amide bonds. The van der Waals surface area contributed by atoms with Gasteiger partial charge in [-0.3, -0.25) is 4.79 Å². The molecule has 0 radical (unpaired) electrons. The van der Waals surface area contributed by atoms with E-state index < -0.39 is 0 Å². The molecule has 1 N–H and O–H groups in total. The molecule has 2 aromatic carbocycles. The first-order chi connectivity index (χ1) is 12.4. The molecule has 0 saturated carbocycles. The lowest BCUT2D eigenvalue weighted by Gasteiger charge is -2.03. The fourth-order valence-electron chi connectivity index (χ4n) is 1.81. The van der Waals surface area contributed by atoms with E-state index in [0.717, 1.165) is 11.3 Å². The number of ether oxygens (including phenoxy) is 2. The SMILES string of the molecule is C=C.CCOC(=O)Cc1ccc(Cl)c(O)c1.COc1cc(C)ccc1Cl. The van der Waals surface area contributed by atoms with Crippen LogP contribution in [0.1, 0.15) is 18.1 Å². The summed E-state index contributed by atoms with van der Waals surface area (Å²) in [6.45, 7) is 10.1. The molecule has 142 valence electrons. The Balaban J connectivity index is 0.000000458. The van der Waals surface area contributed by atoms with Crippen LogP contribution in [0.3, 0.4) is 0 Å². The summed E-state index contributed by atoms with van der Waals surface area (Å²) in [5.41, 5.74) is 1.84. The van der Waals surface area contributed by atoms with Gasteiger partial charge in [0.1, 0.15) is 11.5 Å². The minimum absolute atomic E-state index is 0.0199. The Morgan fingerprint density at radius 2 is 1.73 bits per heavy atom. The van der Waals surface area contributed by atoms with Crippen LogP contribution in [-0.4, -0.2) is 24.8 Å². The average molecular weight is 399 g/mol. The summed E-state index contributed by atoms with van der Waals surface area (Å²) in [6.07, 6.45) is 0.151. The molecule has 0 atom stereocenters. The normalized spacial score (nSPS) is 9.12. The van der Waals surface area contributed by atoms with Gasteiger partial charge >= 0.3 is 5.97 Å². The Bertz CT molecular complexity index is 702. The number of aromatic hydroxyl groups is 1. The number of hydrogen-bond donors (Lipinski definition) is 1. The molecule has 0 heterocycles. The number of aryl methyl sites for hydroxylation is 1. The zero-order valence-corrected chi connectivity index (χ0v) is 16.7. The van der Waals surface area contributed by atoms with Gasteiger partial charge in [-0.05, 0) is 49.2 Å². The number of carbonyl (C=O) groups excluding carboxylic acids is 1. The van der Waals surface area contributed by atoms with Crippen LogP contribution in [0, 0.1) is 6.92 Å². The smallest absolute Gasteiger partial charge is 0.310 e. The van der Waals surface area contributed by atoms with Gasteiger partial charge in [-0.2, -0.15) is 0 Å². The van der Waals surface area contributed by atoms with Gasteiger partial charge in [-0.1, -0.05) is 35.3 Å². The number of carbonyl (C=O) groups is 1. The number of rotatable bonds is 4. The Morgan fingerprint density at radius 3 is 2.23 bits per heavy atom. The van der Waals surface area contributed by atoms with Gasteiger partial charge in [-0.25, -0.2) is 0 Å². The summed E-state index contributed by atoms with van der Waals surface area (Å²) in [5.74, 6) is 0.407. The molecule has 0 unspecified atom stereocenters. The van der Waals surface area contributed by atoms with Crippen LogP contribution in [-0.2, 0) is 16.0 Å². The molecule has 2 aromatic rings. The second-order valence-corrected chi connectivity index (χ2v) is 5.72. The van der Waals surface area contributed by atoms with E-state index in [2.05, 4.69) is 13.2 Å². The largest absolute Gasteiger partial charge is 0.506 e. The van der Waals surface area contributed by atoms with Crippen LogP contribution < -0.4 is 4.74 Å². The van der Waals surface area contributed by atoms with Crippen molar-refractivity contribution in [3.8, 4) is 11.5 Å². The van der Waals surface area contributed by atoms with E-state index in [9.17, 15) is 9.90 Å². The maximum atomic E-state index is 11.1. The van der Waals surface area contributed by atoms with Crippen molar-refractivity contribution >= 4 is 29.2 Å². The Hall–Kier alpha value is -2.17. The van der Waals surface area contributed by atoms with Crippen molar-refractivity contribution in [3.05, 3.63) is 70.7 Å². The third-order valence-corrected chi connectivity index (χ3v) is 3.60. The summed E-state index contributed by atoms with van der Waals surface area (Å²) >= 11 is 11.4. The van der Waals surface area contributed by atoms with Gasteiger partial charge in [0, 0.05) is 0 Å². The highest BCUT2D eigenvalue weighted by Crippen LogP contribution is 2.24. The second-order valence-electron chi connectivity index (χ2n) is 4.91. The maximum Gasteiger partial charge on any atom is 0.310 e. The van der Waals surface area contributed by atoms with Crippen LogP contribution >= 0.6 is 23.2 Å². The molecule has 0 aliphatic carbocycles. The minimum atomic E-state index is -0.311. The van der Waals surface area contributed by atoms with Gasteiger partial charge in [0.15, 0.2) is 0 Å². The van der Waals surface area contributed by atoms with Crippen LogP contribution in [0.2, 0.25) is 10.0 Å².